The maximum atomic E-state index is 11.7. The van der Waals surface area contributed by atoms with Gasteiger partial charge < -0.3 is 10.6 Å². The van der Waals surface area contributed by atoms with E-state index in [0.29, 0.717) is 11.4 Å². The van der Waals surface area contributed by atoms with Crippen molar-refractivity contribution >= 4 is 23.2 Å². The highest BCUT2D eigenvalue weighted by Crippen LogP contribution is 2.10. The standard InChI is InChI=1S/C16H18N2O2S/c1-11-5-6-13(12(2)8-11)9-17-15(19)10-18-16(20)14-4-3-7-21-14/h3-8H,9-10H2,1-2H3,(H,17,19)(H,18,20). The molecule has 21 heavy (non-hydrogen) atoms. The van der Waals surface area contributed by atoms with E-state index in [9.17, 15) is 9.59 Å². The molecule has 0 bridgehead atoms. The van der Waals surface area contributed by atoms with Gasteiger partial charge in [0.25, 0.3) is 5.91 Å². The van der Waals surface area contributed by atoms with Gasteiger partial charge in [0.1, 0.15) is 0 Å². The average molecular weight is 302 g/mol. The molecule has 2 aromatic rings. The van der Waals surface area contributed by atoms with Crippen LogP contribution in [0.25, 0.3) is 0 Å². The largest absolute Gasteiger partial charge is 0.350 e. The molecule has 0 spiro atoms. The Morgan fingerprint density at radius 1 is 1.14 bits per heavy atom. The number of aryl methyl sites for hydroxylation is 2. The number of thiophene rings is 1. The highest BCUT2D eigenvalue weighted by atomic mass is 32.1. The number of hydrogen-bond acceptors (Lipinski definition) is 3. The maximum Gasteiger partial charge on any atom is 0.261 e. The van der Waals surface area contributed by atoms with Crippen molar-refractivity contribution in [3.63, 3.8) is 0 Å². The topological polar surface area (TPSA) is 58.2 Å². The van der Waals surface area contributed by atoms with Gasteiger partial charge in [0.15, 0.2) is 0 Å². The fourth-order valence-corrected chi connectivity index (χ4v) is 2.60. The van der Waals surface area contributed by atoms with Gasteiger partial charge >= 0.3 is 0 Å². The number of benzene rings is 1. The number of carbonyl (C=O) groups excluding carboxylic acids is 2. The predicted octanol–water partition coefficient (Wildman–Crippen LogP) is 2.41. The lowest BCUT2D eigenvalue weighted by molar-refractivity contribution is -0.120. The van der Waals surface area contributed by atoms with Crippen molar-refractivity contribution in [1.82, 2.24) is 10.6 Å². The van der Waals surface area contributed by atoms with Crippen LogP contribution in [0.4, 0.5) is 0 Å². The van der Waals surface area contributed by atoms with Gasteiger partial charge in [0, 0.05) is 6.54 Å². The summed E-state index contributed by atoms with van der Waals surface area (Å²) < 4.78 is 0. The molecule has 0 fully saturated rings. The average Bonchev–Trinajstić information content (AvgIpc) is 2.98. The SMILES string of the molecule is Cc1ccc(CNC(=O)CNC(=O)c2cccs2)c(C)c1. The zero-order valence-corrected chi connectivity index (χ0v) is 12.9. The Kier molecular flexibility index (Phi) is 5.11. The lowest BCUT2D eigenvalue weighted by atomic mass is 10.1. The second-order valence-electron chi connectivity index (χ2n) is 4.87. The maximum absolute atomic E-state index is 11.7. The first-order chi connectivity index (χ1) is 10.1. The Labute approximate surface area is 128 Å². The second kappa shape index (κ2) is 7.04. The smallest absolute Gasteiger partial charge is 0.261 e. The van der Waals surface area contributed by atoms with Gasteiger partial charge in [-0.2, -0.15) is 0 Å². The van der Waals surface area contributed by atoms with Crippen LogP contribution in [0, 0.1) is 13.8 Å². The molecule has 0 atom stereocenters. The quantitative estimate of drug-likeness (QED) is 0.891. The number of hydrogen-bond donors (Lipinski definition) is 2. The van der Waals surface area contributed by atoms with E-state index in [1.165, 1.54) is 16.9 Å². The van der Waals surface area contributed by atoms with Crippen molar-refractivity contribution in [2.75, 3.05) is 6.54 Å². The predicted molar refractivity (Wildman–Crippen MR) is 84.4 cm³/mol. The fourth-order valence-electron chi connectivity index (χ4n) is 1.96. The number of nitrogens with one attached hydrogen (secondary N) is 2. The second-order valence-corrected chi connectivity index (χ2v) is 5.81. The van der Waals surface area contributed by atoms with Crippen molar-refractivity contribution in [3.05, 3.63) is 57.3 Å². The molecule has 0 saturated heterocycles. The molecule has 0 aliphatic carbocycles. The van der Waals surface area contributed by atoms with E-state index >= 15 is 0 Å². The van der Waals surface area contributed by atoms with Gasteiger partial charge in [0.05, 0.1) is 11.4 Å². The van der Waals surface area contributed by atoms with Crippen molar-refractivity contribution < 1.29 is 9.59 Å². The minimum absolute atomic E-state index is 0.0123. The van der Waals surface area contributed by atoms with Gasteiger partial charge in [-0.3, -0.25) is 9.59 Å². The van der Waals surface area contributed by atoms with E-state index in [2.05, 4.69) is 16.7 Å². The summed E-state index contributed by atoms with van der Waals surface area (Å²) >= 11 is 1.35. The first-order valence-corrected chi connectivity index (χ1v) is 7.59. The van der Waals surface area contributed by atoms with Crippen LogP contribution in [0.15, 0.2) is 35.7 Å². The van der Waals surface area contributed by atoms with Crippen molar-refractivity contribution in [3.8, 4) is 0 Å². The van der Waals surface area contributed by atoms with Crippen molar-refractivity contribution in [1.29, 1.82) is 0 Å². The third-order valence-corrected chi connectivity index (χ3v) is 4.00. The van der Waals surface area contributed by atoms with Gasteiger partial charge in [0.2, 0.25) is 5.91 Å². The molecule has 110 valence electrons. The molecular weight excluding hydrogens is 284 g/mol. The van der Waals surface area contributed by atoms with Crippen LogP contribution in [0.1, 0.15) is 26.4 Å². The normalized spacial score (nSPS) is 10.2. The van der Waals surface area contributed by atoms with E-state index in [4.69, 9.17) is 0 Å². The Balaban J connectivity index is 1.78. The minimum atomic E-state index is -0.216. The first-order valence-electron chi connectivity index (χ1n) is 6.71. The highest BCUT2D eigenvalue weighted by molar-refractivity contribution is 7.12. The zero-order valence-electron chi connectivity index (χ0n) is 12.1. The molecule has 0 unspecified atom stereocenters. The summed E-state index contributed by atoms with van der Waals surface area (Å²) in [5, 5.41) is 7.24. The van der Waals surface area contributed by atoms with E-state index < -0.39 is 0 Å². The first kappa shape index (κ1) is 15.3. The van der Waals surface area contributed by atoms with Crippen LogP contribution < -0.4 is 10.6 Å². The zero-order chi connectivity index (χ0) is 15.2. The van der Waals surface area contributed by atoms with Gasteiger partial charge in [-0.15, -0.1) is 11.3 Å². The monoisotopic (exact) mass is 302 g/mol. The van der Waals surface area contributed by atoms with Gasteiger partial charge in [-0.05, 0) is 36.4 Å². The Bertz CT molecular complexity index is 636. The molecule has 2 amide bonds. The van der Waals surface area contributed by atoms with Crippen LogP contribution in [0.3, 0.4) is 0 Å². The molecule has 5 heteroatoms. The molecule has 0 radical (unpaired) electrons. The summed E-state index contributed by atoms with van der Waals surface area (Å²) in [5.41, 5.74) is 3.43. The van der Waals surface area contributed by atoms with Crippen LogP contribution in [0.5, 0.6) is 0 Å². The minimum Gasteiger partial charge on any atom is -0.350 e. The van der Waals surface area contributed by atoms with Crippen LogP contribution >= 0.6 is 11.3 Å². The summed E-state index contributed by atoms with van der Waals surface area (Å²) in [5.74, 6) is -0.411. The molecule has 1 aromatic heterocycles. The summed E-state index contributed by atoms with van der Waals surface area (Å²) in [4.78, 5) is 24.1. The Morgan fingerprint density at radius 3 is 2.62 bits per heavy atom. The van der Waals surface area contributed by atoms with E-state index in [0.717, 1.165) is 11.1 Å². The summed E-state index contributed by atoms with van der Waals surface area (Å²) in [7, 11) is 0. The lowest BCUT2D eigenvalue weighted by Crippen LogP contribution is -2.36. The molecule has 1 aromatic carbocycles. The van der Waals surface area contributed by atoms with Crippen molar-refractivity contribution in [2.24, 2.45) is 0 Å². The van der Waals surface area contributed by atoms with Crippen molar-refractivity contribution in [2.45, 2.75) is 20.4 Å². The van der Waals surface area contributed by atoms with E-state index in [1.54, 1.807) is 12.1 Å². The molecule has 0 aliphatic rings. The number of carbonyl (C=O) groups is 2. The van der Waals surface area contributed by atoms with Crippen LogP contribution in [-0.2, 0) is 11.3 Å². The Hall–Kier alpha value is -2.14. The molecule has 2 rings (SSSR count). The molecule has 0 saturated carbocycles. The summed E-state index contributed by atoms with van der Waals surface area (Å²) in [6.07, 6.45) is 0. The molecular formula is C16H18N2O2S. The van der Waals surface area contributed by atoms with E-state index in [-0.39, 0.29) is 18.4 Å². The summed E-state index contributed by atoms with van der Waals surface area (Å²) in [6.45, 7) is 4.52. The van der Waals surface area contributed by atoms with Gasteiger partial charge in [-0.1, -0.05) is 29.8 Å². The fraction of sp³-hybridized carbons (Fsp3) is 0.250. The van der Waals surface area contributed by atoms with E-state index in [1.807, 2.05) is 31.4 Å². The Morgan fingerprint density at radius 2 is 1.95 bits per heavy atom. The molecule has 2 N–H and O–H groups in total. The third kappa shape index (κ3) is 4.43. The molecule has 4 nitrogen and oxygen atoms in total. The molecule has 1 heterocycles. The van der Waals surface area contributed by atoms with Crippen LogP contribution in [0.2, 0.25) is 0 Å². The highest BCUT2D eigenvalue weighted by Gasteiger charge is 2.08. The van der Waals surface area contributed by atoms with Crippen LogP contribution in [-0.4, -0.2) is 18.4 Å². The summed E-state index contributed by atoms with van der Waals surface area (Å²) in [6, 6.07) is 9.65. The van der Waals surface area contributed by atoms with Gasteiger partial charge in [-0.25, -0.2) is 0 Å². The third-order valence-electron chi connectivity index (χ3n) is 3.13. The number of rotatable bonds is 5. The lowest BCUT2D eigenvalue weighted by Gasteiger charge is -2.09. The number of amides is 2. The molecule has 0 aliphatic heterocycles.